The number of rotatable bonds is 6. The van der Waals surface area contributed by atoms with Gasteiger partial charge in [0.2, 0.25) is 11.9 Å². The summed E-state index contributed by atoms with van der Waals surface area (Å²) in [4.78, 5) is 39.7. The van der Waals surface area contributed by atoms with E-state index in [0.717, 1.165) is 17.7 Å². The summed E-state index contributed by atoms with van der Waals surface area (Å²) in [6.45, 7) is 1.20. The van der Waals surface area contributed by atoms with Gasteiger partial charge in [-0.2, -0.15) is 0 Å². The Kier molecular flexibility index (Phi) is 6.54. The molecule has 8 nitrogen and oxygen atoms in total. The van der Waals surface area contributed by atoms with Gasteiger partial charge < -0.3 is 19.4 Å². The minimum absolute atomic E-state index is 0.00502. The largest absolute Gasteiger partial charge is 0.497 e. The first kappa shape index (κ1) is 21.5. The molecule has 0 N–H and O–H groups in total. The van der Waals surface area contributed by atoms with Crippen LogP contribution < -0.4 is 9.64 Å². The van der Waals surface area contributed by atoms with Crippen molar-refractivity contribution in [3.8, 4) is 5.75 Å². The van der Waals surface area contributed by atoms with Crippen LogP contribution in [0.2, 0.25) is 0 Å². The Balaban J connectivity index is 1.76. The van der Waals surface area contributed by atoms with Gasteiger partial charge in [-0.3, -0.25) is 9.59 Å². The van der Waals surface area contributed by atoms with E-state index in [4.69, 9.17) is 4.74 Å². The van der Waals surface area contributed by atoms with E-state index < -0.39 is 0 Å². The summed E-state index contributed by atoms with van der Waals surface area (Å²) in [5.74, 6) is 1.28. The Morgan fingerprint density at radius 2 is 1.87 bits per heavy atom. The average Bonchev–Trinajstić information content (AvgIpc) is 3.23. The highest BCUT2D eigenvalue weighted by Crippen LogP contribution is 2.30. The van der Waals surface area contributed by atoms with E-state index in [-0.39, 0.29) is 17.7 Å². The fourth-order valence-corrected chi connectivity index (χ4v) is 3.56. The molecule has 2 amide bonds. The summed E-state index contributed by atoms with van der Waals surface area (Å²) in [7, 11) is 8.78. The van der Waals surface area contributed by atoms with Crippen LogP contribution in [0, 0.1) is 0 Å². The van der Waals surface area contributed by atoms with Crippen LogP contribution in [0.5, 0.6) is 5.75 Å². The van der Waals surface area contributed by atoms with Gasteiger partial charge in [0.15, 0.2) is 0 Å². The zero-order chi connectivity index (χ0) is 21.8. The van der Waals surface area contributed by atoms with Crippen molar-refractivity contribution in [2.45, 2.75) is 18.8 Å². The third-order valence-electron chi connectivity index (χ3n) is 5.28. The van der Waals surface area contributed by atoms with Crippen LogP contribution in [0.1, 0.15) is 34.0 Å². The number of ether oxygens (including phenoxy) is 1. The zero-order valence-corrected chi connectivity index (χ0v) is 18.3. The van der Waals surface area contributed by atoms with Crippen molar-refractivity contribution in [2.75, 3.05) is 53.3 Å². The Morgan fingerprint density at radius 1 is 1.17 bits per heavy atom. The van der Waals surface area contributed by atoms with Gasteiger partial charge in [0, 0.05) is 53.4 Å². The molecular formula is C22H29N5O3. The molecule has 8 heteroatoms. The number of amides is 2. The van der Waals surface area contributed by atoms with E-state index in [1.54, 1.807) is 27.4 Å². The topological polar surface area (TPSA) is 78.9 Å². The van der Waals surface area contributed by atoms with E-state index in [1.807, 2.05) is 48.2 Å². The normalized spacial score (nSPS) is 15.8. The molecular weight excluding hydrogens is 382 g/mol. The van der Waals surface area contributed by atoms with E-state index in [2.05, 4.69) is 9.97 Å². The maximum Gasteiger partial charge on any atom is 0.256 e. The SMILES string of the molecule is COc1ccc(CC(=O)N2CCC(c3nc(N(C)C)ncc3C(=O)N(C)C)C2)cc1. The molecule has 1 saturated heterocycles. The van der Waals surface area contributed by atoms with Crippen molar-refractivity contribution in [3.63, 3.8) is 0 Å². The van der Waals surface area contributed by atoms with Crippen molar-refractivity contribution in [1.82, 2.24) is 19.8 Å². The summed E-state index contributed by atoms with van der Waals surface area (Å²) < 4.78 is 5.17. The molecule has 1 unspecified atom stereocenters. The molecule has 1 aliphatic rings. The van der Waals surface area contributed by atoms with Crippen molar-refractivity contribution in [2.24, 2.45) is 0 Å². The molecule has 0 radical (unpaired) electrons. The summed E-state index contributed by atoms with van der Waals surface area (Å²) in [5.41, 5.74) is 2.16. The molecule has 1 aromatic heterocycles. The molecule has 3 rings (SSSR count). The van der Waals surface area contributed by atoms with Gasteiger partial charge in [0.05, 0.1) is 24.8 Å². The van der Waals surface area contributed by atoms with Crippen LogP contribution in [-0.4, -0.2) is 80.0 Å². The highest BCUT2D eigenvalue weighted by atomic mass is 16.5. The maximum absolute atomic E-state index is 12.8. The van der Waals surface area contributed by atoms with Crippen LogP contribution in [0.4, 0.5) is 5.95 Å². The van der Waals surface area contributed by atoms with Gasteiger partial charge in [0.1, 0.15) is 5.75 Å². The number of benzene rings is 1. The second kappa shape index (κ2) is 9.11. The van der Waals surface area contributed by atoms with E-state index >= 15 is 0 Å². The van der Waals surface area contributed by atoms with Gasteiger partial charge in [-0.25, -0.2) is 9.97 Å². The monoisotopic (exact) mass is 411 g/mol. The van der Waals surface area contributed by atoms with Crippen molar-refractivity contribution in [3.05, 3.63) is 47.3 Å². The number of methoxy groups -OCH3 is 1. The molecule has 1 atom stereocenters. The number of likely N-dealkylation sites (tertiary alicyclic amines) is 1. The summed E-state index contributed by atoms with van der Waals surface area (Å²) in [6.07, 6.45) is 2.71. The molecule has 0 saturated carbocycles. The summed E-state index contributed by atoms with van der Waals surface area (Å²) in [6, 6.07) is 7.54. The van der Waals surface area contributed by atoms with Gasteiger partial charge in [0.25, 0.3) is 5.91 Å². The van der Waals surface area contributed by atoms with Crippen molar-refractivity contribution >= 4 is 17.8 Å². The number of aromatic nitrogens is 2. The van der Waals surface area contributed by atoms with Crippen molar-refractivity contribution in [1.29, 1.82) is 0 Å². The minimum Gasteiger partial charge on any atom is -0.497 e. The van der Waals surface area contributed by atoms with Gasteiger partial charge in [-0.1, -0.05) is 12.1 Å². The molecule has 0 aliphatic carbocycles. The lowest BCUT2D eigenvalue weighted by molar-refractivity contribution is -0.129. The molecule has 30 heavy (non-hydrogen) atoms. The molecule has 0 bridgehead atoms. The van der Waals surface area contributed by atoms with Gasteiger partial charge in [-0.05, 0) is 24.1 Å². The van der Waals surface area contributed by atoms with Crippen LogP contribution in [0.15, 0.2) is 30.5 Å². The van der Waals surface area contributed by atoms with E-state index in [9.17, 15) is 9.59 Å². The fraction of sp³-hybridized carbons (Fsp3) is 0.455. The molecule has 1 aliphatic heterocycles. The highest BCUT2D eigenvalue weighted by molar-refractivity contribution is 5.95. The number of hydrogen-bond acceptors (Lipinski definition) is 6. The fourth-order valence-electron chi connectivity index (χ4n) is 3.56. The molecule has 160 valence electrons. The lowest BCUT2D eigenvalue weighted by Crippen LogP contribution is -2.30. The Morgan fingerprint density at radius 3 is 2.47 bits per heavy atom. The number of hydrogen-bond donors (Lipinski definition) is 0. The van der Waals surface area contributed by atoms with E-state index in [1.165, 1.54) is 4.90 Å². The lowest BCUT2D eigenvalue weighted by Gasteiger charge is -2.20. The Bertz CT molecular complexity index is 911. The highest BCUT2D eigenvalue weighted by Gasteiger charge is 2.32. The first-order valence-corrected chi connectivity index (χ1v) is 9.96. The quantitative estimate of drug-likeness (QED) is 0.721. The maximum atomic E-state index is 12.8. The lowest BCUT2D eigenvalue weighted by atomic mass is 9.99. The molecule has 2 aromatic rings. The third-order valence-corrected chi connectivity index (χ3v) is 5.28. The number of carbonyl (C=O) groups excluding carboxylic acids is 2. The number of anilines is 1. The Labute approximate surface area is 177 Å². The van der Waals surface area contributed by atoms with Gasteiger partial charge in [-0.15, -0.1) is 0 Å². The van der Waals surface area contributed by atoms with E-state index in [0.29, 0.717) is 36.7 Å². The van der Waals surface area contributed by atoms with Crippen LogP contribution >= 0.6 is 0 Å². The molecule has 1 fully saturated rings. The van der Waals surface area contributed by atoms with Crippen LogP contribution in [0.25, 0.3) is 0 Å². The number of carbonyl (C=O) groups is 2. The number of nitrogens with zero attached hydrogens (tertiary/aromatic N) is 5. The molecule has 1 aromatic carbocycles. The zero-order valence-electron chi connectivity index (χ0n) is 18.3. The minimum atomic E-state index is -0.127. The van der Waals surface area contributed by atoms with Crippen LogP contribution in [0.3, 0.4) is 0 Å². The van der Waals surface area contributed by atoms with Crippen molar-refractivity contribution < 1.29 is 14.3 Å². The first-order chi connectivity index (χ1) is 14.3. The predicted molar refractivity (Wildman–Crippen MR) is 115 cm³/mol. The Hall–Kier alpha value is -3.16. The van der Waals surface area contributed by atoms with Crippen LogP contribution in [-0.2, 0) is 11.2 Å². The third kappa shape index (κ3) is 4.69. The second-order valence-corrected chi connectivity index (χ2v) is 7.91. The summed E-state index contributed by atoms with van der Waals surface area (Å²) in [5, 5.41) is 0. The average molecular weight is 412 g/mol. The molecule has 2 heterocycles. The summed E-state index contributed by atoms with van der Waals surface area (Å²) >= 11 is 0. The first-order valence-electron chi connectivity index (χ1n) is 9.96. The smallest absolute Gasteiger partial charge is 0.256 e. The standard InChI is InChI=1S/C22H29N5O3/c1-25(2)21(29)18-13-23-22(26(3)4)24-20(18)16-10-11-27(14-16)19(28)12-15-6-8-17(30-5)9-7-15/h6-9,13,16H,10-12,14H2,1-5H3. The second-order valence-electron chi connectivity index (χ2n) is 7.91. The molecule has 0 spiro atoms. The van der Waals surface area contributed by atoms with Gasteiger partial charge >= 0.3 is 0 Å². The predicted octanol–water partition coefficient (Wildman–Crippen LogP) is 1.81.